The molecule has 0 radical (unpaired) electrons. The highest BCUT2D eigenvalue weighted by Crippen LogP contribution is 2.24. The van der Waals surface area contributed by atoms with Crippen molar-refractivity contribution in [3.8, 4) is 0 Å². The number of aromatic nitrogens is 2. The molecule has 1 aromatic carbocycles. The first-order valence-corrected chi connectivity index (χ1v) is 9.84. The number of hydrogen-bond acceptors (Lipinski definition) is 6. The van der Waals surface area contributed by atoms with Crippen molar-refractivity contribution in [3.63, 3.8) is 0 Å². The number of hydrogen-bond donors (Lipinski definition) is 0. The quantitative estimate of drug-likeness (QED) is 0.336. The third-order valence-corrected chi connectivity index (χ3v) is 6.16. The highest BCUT2D eigenvalue weighted by atomic mass is 79.9. The van der Waals surface area contributed by atoms with Crippen LogP contribution in [-0.4, -0.2) is 40.6 Å². The van der Waals surface area contributed by atoms with Gasteiger partial charge in [-0.2, -0.15) is 23.0 Å². The lowest BCUT2D eigenvalue weighted by Crippen LogP contribution is -2.22. The number of nitrogens with zero attached hydrogens (tertiary/aromatic N) is 5. The molecule has 0 spiro atoms. The van der Waals surface area contributed by atoms with E-state index >= 15 is 0 Å². The number of nitro groups is 1. The number of aryl methyl sites for hydroxylation is 1. The van der Waals surface area contributed by atoms with Gasteiger partial charge in [-0.1, -0.05) is 22.0 Å². The summed E-state index contributed by atoms with van der Waals surface area (Å²) in [7, 11) is -2.78. The van der Waals surface area contributed by atoms with Crippen molar-refractivity contribution in [2.24, 2.45) is 5.10 Å². The van der Waals surface area contributed by atoms with Crippen molar-refractivity contribution < 1.29 is 13.3 Å². The molecule has 0 aliphatic heterocycles. The Balaban J connectivity index is 1.96. The summed E-state index contributed by atoms with van der Waals surface area (Å²) in [6.07, 6.45) is 4.69. The van der Waals surface area contributed by atoms with Gasteiger partial charge >= 0.3 is 0 Å². The summed E-state index contributed by atoms with van der Waals surface area (Å²) in [4.78, 5) is 10.1. The first-order chi connectivity index (χ1) is 12.7. The maximum Gasteiger partial charge on any atom is 0.279 e. The molecule has 0 N–H and O–H groups in total. The van der Waals surface area contributed by atoms with E-state index in [1.807, 2.05) is 12.1 Å². The van der Waals surface area contributed by atoms with E-state index in [2.05, 4.69) is 26.1 Å². The maximum absolute atomic E-state index is 12.8. The third-order valence-electron chi connectivity index (χ3n) is 3.88. The largest absolute Gasteiger partial charge is 0.279 e. The normalized spacial score (nSPS) is 12.0. The van der Waals surface area contributed by atoms with Crippen molar-refractivity contribution in [3.05, 3.63) is 68.4 Å². The van der Waals surface area contributed by atoms with Crippen molar-refractivity contribution in [1.29, 1.82) is 0 Å². The van der Waals surface area contributed by atoms with Gasteiger partial charge in [-0.05, 0) is 24.6 Å². The van der Waals surface area contributed by atoms with Gasteiger partial charge in [0, 0.05) is 35.4 Å². The van der Waals surface area contributed by atoms with Crippen molar-refractivity contribution >= 4 is 43.4 Å². The summed E-state index contributed by atoms with van der Waals surface area (Å²) in [5.41, 5.74) is 1.45. The molecule has 0 aliphatic carbocycles. The molecule has 2 heterocycles. The van der Waals surface area contributed by atoms with Crippen molar-refractivity contribution in [2.75, 3.05) is 7.05 Å². The van der Waals surface area contributed by atoms with E-state index in [9.17, 15) is 18.5 Å². The Morgan fingerprint density at radius 3 is 2.78 bits per heavy atom. The Kier molecular flexibility index (Phi) is 4.98. The van der Waals surface area contributed by atoms with Crippen LogP contribution in [0.1, 0.15) is 11.1 Å². The number of rotatable bonds is 5. The van der Waals surface area contributed by atoms with Crippen LogP contribution in [0.25, 0.3) is 5.52 Å². The minimum absolute atomic E-state index is 0.168. The summed E-state index contributed by atoms with van der Waals surface area (Å²) in [5, 5.41) is 19.1. The van der Waals surface area contributed by atoms with E-state index < -0.39 is 14.9 Å². The molecular formula is C16H14BrN5O4S. The van der Waals surface area contributed by atoms with Crippen LogP contribution in [0.15, 0.2) is 57.2 Å². The number of halogens is 1. The number of benzene rings is 1. The fraction of sp³-hybridized carbons (Fsp3) is 0.125. The monoisotopic (exact) mass is 451 g/mol. The standard InChI is InChI=1S/C16H14BrN5O4S/c1-11-3-4-14(22(23)24)8-16(11)27(25,26)20(2)18-9-12-10-19-21-6-5-13(17)7-15(12)21/h3-10H,1-2H3/b18-9-. The Morgan fingerprint density at radius 1 is 1.33 bits per heavy atom. The van der Waals surface area contributed by atoms with E-state index in [0.29, 0.717) is 11.1 Å². The molecule has 2 aromatic heterocycles. The third kappa shape index (κ3) is 3.69. The Bertz CT molecular complexity index is 1170. The van der Waals surface area contributed by atoms with Gasteiger partial charge < -0.3 is 0 Å². The smallest absolute Gasteiger partial charge is 0.258 e. The second-order valence-electron chi connectivity index (χ2n) is 5.67. The zero-order valence-corrected chi connectivity index (χ0v) is 16.7. The molecule has 9 nitrogen and oxygen atoms in total. The molecule has 0 saturated heterocycles. The molecule has 0 atom stereocenters. The fourth-order valence-electron chi connectivity index (χ4n) is 2.40. The van der Waals surface area contributed by atoms with Gasteiger partial charge in [-0.25, -0.2) is 4.52 Å². The maximum atomic E-state index is 12.8. The molecule has 27 heavy (non-hydrogen) atoms. The summed E-state index contributed by atoms with van der Waals surface area (Å²) in [6.45, 7) is 1.57. The van der Waals surface area contributed by atoms with E-state index in [-0.39, 0.29) is 10.6 Å². The van der Waals surface area contributed by atoms with Crippen LogP contribution in [0.5, 0.6) is 0 Å². The van der Waals surface area contributed by atoms with Gasteiger partial charge in [0.2, 0.25) is 0 Å². The first kappa shape index (κ1) is 19.0. The molecule has 0 bridgehead atoms. The topological polar surface area (TPSA) is 110 Å². The average Bonchev–Trinajstić information content (AvgIpc) is 3.01. The number of fused-ring (bicyclic) bond motifs is 1. The number of pyridine rings is 1. The van der Waals surface area contributed by atoms with Crippen LogP contribution in [0.2, 0.25) is 0 Å². The Morgan fingerprint density at radius 2 is 2.07 bits per heavy atom. The molecule has 0 saturated carbocycles. The predicted molar refractivity (Wildman–Crippen MR) is 103 cm³/mol. The van der Waals surface area contributed by atoms with Gasteiger partial charge in [0.15, 0.2) is 0 Å². The zero-order chi connectivity index (χ0) is 19.8. The molecule has 11 heteroatoms. The number of hydrazone groups is 1. The molecule has 0 fully saturated rings. The lowest BCUT2D eigenvalue weighted by Gasteiger charge is -2.15. The van der Waals surface area contributed by atoms with Crippen LogP contribution in [0, 0.1) is 17.0 Å². The highest BCUT2D eigenvalue weighted by molar-refractivity contribution is 9.10. The first-order valence-electron chi connectivity index (χ1n) is 7.61. The molecule has 0 amide bonds. The minimum atomic E-state index is -4.05. The molecule has 140 valence electrons. The van der Waals surface area contributed by atoms with Gasteiger partial charge in [0.1, 0.15) is 0 Å². The van der Waals surface area contributed by atoms with Crippen LogP contribution in [0.3, 0.4) is 0 Å². The lowest BCUT2D eigenvalue weighted by molar-refractivity contribution is -0.385. The van der Waals surface area contributed by atoms with Gasteiger partial charge in [0.05, 0.1) is 27.7 Å². The van der Waals surface area contributed by atoms with Crippen molar-refractivity contribution in [2.45, 2.75) is 11.8 Å². The molecule has 0 aliphatic rings. The van der Waals surface area contributed by atoms with Crippen LogP contribution < -0.4 is 0 Å². The highest BCUT2D eigenvalue weighted by Gasteiger charge is 2.24. The second kappa shape index (κ2) is 7.08. The molecular weight excluding hydrogens is 438 g/mol. The Labute approximate surface area is 163 Å². The summed E-state index contributed by atoms with van der Waals surface area (Å²) in [5.74, 6) is 0. The van der Waals surface area contributed by atoms with Crippen LogP contribution >= 0.6 is 15.9 Å². The van der Waals surface area contributed by atoms with E-state index in [1.54, 1.807) is 23.8 Å². The molecule has 3 rings (SSSR count). The molecule has 0 unspecified atom stereocenters. The second-order valence-corrected chi connectivity index (χ2v) is 8.50. The van der Waals surface area contributed by atoms with Crippen LogP contribution in [-0.2, 0) is 10.0 Å². The zero-order valence-electron chi connectivity index (χ0n) is 14.3. The Hall–Kier alpha value is -2.79. The summed E-state index contributed by atoms with van der Waals surface area (Å²) in [6, 6.07) is 7.33. The lowest BCUT2D eigenvalue weighted by atomic mass is 10.2. The number of sulfonamides is 1. The van der Waals surface area contributed by atoms with Crippen LogP contribution in [0.4, 0.5) is 5.69 Å². The van der Waals surface area contributed by atoms with Gasteiger partial charge in [-0.15, -0.1) is 0 Å². The number of nitro benzene ring substituents is 1. The fourth-order valence-corrected chi connectivity index (χ4v) is 3.94. The van der Waals surface area contributed by atoms with E-state index in [0.717, 1.165) is 20.5 Å². The van der Waals surface area contributed by atoms with E-state index in [1.165, 1.54) is 25.4 Å². The van der Waals surface area contributed by atoms with Crippen molar-refractivity contribution in [1.82, 2.24) is 14.0 Å². The summed E-state index contributed by atoms with van der Waals surface area (Å²) < 4.78 is 28.8. The average molecular weight is 452 g/mol. The van der Waals surface area contributed by atoms with Gasteiger partial charge in [0.25, 0.3) is 15.7 Å². The predicted octanol–water partition coefficient (Wildman–Crippen LogP) is 2.97. The SMILES string of the molecule is Cc1ccc([N+](=O)[O-])cc1S(=O)(=O)N(C)/N=C\c1cnn2ccc(Br)cc12. The summed E-state index contributed by atoms with van der Waals surface area (Å²) >= 11 is 3.37. The minimum Gasteiger partial charge on any atom is -0.258 e. The molecule has 3 aromatic rings. The number of non-ortho nitro benzene ring substituents is 1. The van der Waals surface area contributed by atoms with E-state index in [4.69, 9.17) is 0 Å². The van der Waals surface area contributed by atoms with Gasteiger partial charge in [-0.3, -0.25) is 10.1 Å².